The molecule has 3 nitrogen and oxygen atoms in total. The van der Waals surface area contributed by atoms with Gasteiger partial charge in [-0.1, -0.05) is 18.2 Å². The zero-order chi connectivity index (χ0) is 9.97. The van der Waals surface area contributed by atoms with Crippen molar-refractivity contribution in [2.75, 3.05) is 5.73 Å². The van der Waals surface area contributed by atoms with E-state index in [4.69, 9.17) is 10.8 Å². The number of hydrogen-bond donors (Lipinski definition) is 2. The van der Waals surface area contributed by atoms with E-state index in [1.807, 2.05) is 29.6 Å². The van der Waals surface area contributed by atoms with Gasteiger partial charge in [0, 0.05) is 10.9 Å². The second kappa shape index (κ2) is 3.77. The number of nitrogens with two attached hydrogens (primary N) is 1. The lowest BCUT2D eigenvalue weighted by molar-refractivity contribution is 0.282. The molecule has 2 rings (SSSR count). The van der Waals surface area contributed by atoms with E-state index in [1.165, 1.54) is 11.3 Å². The Kier molecular flexibility index (Phi) is 2.47. The first-order chi connectivity index (χ1) is 6.79. The van der Waals surface area contributed by atoms with Gasteiger partial charge >= 0.3 is 0 Å². The third-order valence-electron chi connectivity index (χ3n) is 1.93. The Morgan fingerprint density at radius 1 is 1.43 bits per heavy atom. The Balaban J connectivity index is 2.41. The van der Waals surface area contributed by atoms with Crippen LogP contribution in [0.3, 0.4) is 0 Å². The molecule has 0 aliphatic rings. The summed E-state index contributed by atoms with van der Waals surface area (Å²) in [5.74, 6) is 0. The Labute approximate surface area is 85.8 Å². The van der Waals surface area contributed by atoms with E-state index in [9.17, 15) is 0 Å². The second-order valence-corrected chi connectivity index (χ2v) is 3.82. The fraction of sp³-hybridized carbons (Fsp3) is 0.100. The van der Waals surface area contributed by atoms with E-state index in [1.54, 1.807) is 0 Å². The molecule has 1 aromatic heterocycles. The zero-order valence-electron chi connectivity index (χ0n) is 7.47. The van der Waals surface area contributed by atoms with Gasteiger partial charge in [-0.2, -0.15) is 0 Å². The predicted octanol–water partition coefficient (Wildman–Crippen LogP) is 1.88. The molecule has 0 saturated carbocycles. The summed E-state index contributed by atoms with van der Waals surface area (Å²) in [6.07, 6.45) is 0. The molecule has 2 aromatic rings. The quantitative estimate of drug-likeness (QED) is 0.788. The van der Waals surface area contributed by atoms with E-state index in [2.05, 4.69) is 4.98 Å². The van der Waals surface area contributed by atoms with Gasteiger partial charge in [-0.15, -0.1) is 11.3 Å². The smallest absolute Gasteiger partial charge is 0.180 e. The van der Waals surface area contributed by atoms with Gasteiger partial charge in [0.25, 0.3) is 0 Å². The highest BCUT2D eigenvalue weighted by molar-refractivity contribution is 7.13. The molecule has 0 unspecified atom stereocenters. The Morgan fingerprint density at radius 3 is 2.93 bits per heavy atom. The number of anilines is 1. The summed E-state index contributed by atoms with van der Waals surface area (Å²) >= 11 is 1.42. The molecule has 0 aliphatic heterocycles. The molecular weight excluding hydrogens is 196 g/mol. The number of thiazole rings is 1. The molecule has 0 spiro atoms. The minimum absolute atomic E-state index is 0.0491. The van der Waals surface area contributed by atoms with Crippen LogP contribution in [0, 0.1) is 0 Å². The van der Waals surface area contributed by atoms with Crippen molar-refractivity contribution in [3.05, 3.63) is 35.2 Å². The Hall–Kier alpha value is -1.39. The summed E-state index contributed by atoms with van der Waals surface area (Å²) in [7, 11) is 0. The summed E-state index contributed by atoms with van der Waals surface area (Å²) < 4.78 is 0. The van der Waals surface area contributed by atoms with E-state index >= 15 is 0 Å². The normalized spacial score (nSPS) is 10.4. The predicted molar refractivity (Wildman–Crippen MR) is 57.9 cm³/mol. The molecular formula is C10H10N2OS. The minimum atomic E-state index is 0.0491. The first-order valence-corrected chi connectivity index (χ1v) is 5.09. The molecule has 0 aliphatic carbocycles. The fourth-order valence-electron chi connectivity index (χ4n) is 1.25. The van der Waals surface area contributed by atoms with Gasteiger partial charge in [-0.05, 0) is 11.6 Å². The molecule has 0 radical (unpaired) electrons. The van der Waals surface area contributed by atoms with Crippen LogP contribution in [0.15, 0.2) is 29.6 Å². The molecule has 1 aromatic carbocycles. The highest BCUT2D eigenvalue weighted by atomic mass is 32.1. The van der Waals surface area contributed by atoms with E-state index in [-0.39, 0.29) is 6.61 Å². The van der Waals surface area contributed by atoms with Crippen molar-refractivity contribution < 1.29 is 5.11 Å². The van der Waals surface area contributed by atoms with Gasteiger partial charge < -0.3 is 10.8 Å². The van der Waals surface area contributed by atoms with Crippen LogP contribution in [0.1, 0.15) is 5.56 Å². The molecule has 0 amide bonds. The third kappa shape index (κ3) is 1.76. The maximum Gasteiger partial charge on any atom is 0.180 e. The first-order valence-electron chi connectivity index (χ1n) is 4.21. The number of aromatic nitrogens is 1. The molecule has 72 valence electrons. The Morgan fingerprint density at radius 2 is 2.29 bits per heavy atom. The van der Waals surface area contributed by atoms with E-state index in [0.717, 1.165) is 16.8 Å². The maximum absolute atomic E-state index is 8.97. The number of aliphatic hydroxyl groups excluding tert-OH is 1. The summed E-state index contributed by atoms with van der Waals surface area (Å²) in [4.78, 5) is 4.17. The van der Waals surface area contributed by atoms with Gasteiger partial charge in [0.1, 0.15) is 0 Å². The third-order valence-corrected chi connectivity index (χ3v) is 2.60. The topological polar surface area (TPSA) is 59.1 Å². The molecule has 0 fully saturated rings. The molecule has 14 heavy (non-hydrogen) atoms. The largest absolute Gasteiger partial charge is 0.392 e. The van der Waals surface area contributed by atoms with Crippen LogP contribution >= 0.6 is 11.3 Å². The summed E-state index contributed by atoms with van der Waals surface area (Å²) in [6.45, 7) is 0.0491. The van der Waals surface area contributed by atoms with E-state index < -0.39 is 0 Å². The molecule has 1 heterocycles. The average molecular weight is 206 g/mol. The van der Waals surface area contributed by atoms with Crippen LogP contribution < -0.4 is 5.73 Å². The van der Waals surface area contributed by atoms with Crippen molar-refractivity contribution in [2.45, 2.75) is 6.61 Å². The van der Waals surface area contributed by atoms with E-state index in [0.29, 0.717) is 5.13 Å². The van der Waals surface area contributed by atoms with Crippen LogP contribution in [0.4, 0.5) is 5.13 Å². The van der Waals surface area contributed by atoms with Crippen molar-refractivity contribution >= 4 is 16.5 Å². The van der Waals surface area contributed by atoms with Crippen molar-refractivity contribution in [3.63, 3.8) is 0 Å². The van der Waals surface area contributed by atoms with Crippen LogP contribution in [0.5, 0.6) is 0 Å². The summed E-state index contributed by atoms with van der Waals surface area (Å²) in [6, 6.07) is 7.64. The number of rotatable bonds is 2. The molecule has 3 N–H and O–H groups in total. The van der Waals surface area contributed by atoms with Crippen LogP contribution in [-0.2, 0) is 6.61 Å². The molecule has 0 saturated heterocycles. The average Bonchev–Trinajstić information content (AvgIpc) is 2.65. The van der Waals surface area contributed by atoms with Crippen LogP contribution in [-0.4, -0.2) is 10.1 Å². The van der Waals surface area contributed by atoms with Crippen molar-refractivity contribution in [3.8, 4) is 11.3 Å². The molecule has 0 atom stereocenters. The zero-order valence-corrected chi connectivity index (χ0v) is 8.29. The Bertz CT molecular complexity index is 439. The SMILES string of the molecule is Nc1nc(-c2cccc(CO)c2)cs1. The summed E-state index contributed by atoms with van der Waals surface area (Å²) in [5, 5.41) is 11.4. The summed E-state index contributed by atoms with van der Waals surface area (Å²) in [5.41, 5.74) is 8.28. The van der Waals surface area contributed by atoms with Crippen molar-refractivity contribution in [2.24, 2.45) is 0 Å². The highest BCUT2D eigenvalue weighted by Crippen LogP contribution is 2.23. The van der Waals surface area contributed by atoms with Gasteiger partial charge in [0.2, 0.25) is 0 Å². The fourth-order valence-corrected chi connectivity index (χ4v) is 1.82. The molecule has 0 bridgehead atoms. The lowest BCUT2D eigenvalue weighted by atomic mass is 10.1. The monoisotopic (exact) mass is 206 g/mol. The molecule has 4 heteroatoms. The first kappa shape index (κ1) is 9.18. The second-order valence-electron chi connectivity index (χ2n) is 2.93. The number of nitrogen functional groups attached to an aromatic ring is 1. The standard InChI is InChI=1S/C10H10N2OS/c11-10-12-9(6-14-10)8-3-1-2-7(4-8)5-13/h1-4,6,13H,5H2,(H2,11,12). The number of aliphatic hydroxyl groups is 1. The van der Waals surface area contributed by atoms with Crippen molar-refractivity contribution in [1.82, 2.24) is 4.98 Å². The lowest BCUT2D eigenvalue weighted by Crippen LogP contribution is -1.86. The highest BCUT2D eigenvalue weighted by Gasteiger charge is 2.02. The van der Waals surface area contributed by atoms with Crippen molar-refractivity contribution in [1.29, 1.82) is 0 Å². The number of benzene rings is 1. The maximum atomic E-state index is 8.97. The van der Waals surface area contributed by atoms with Gasteiger partial charge in [-0.3, -0.25) is 0 Å². The van der Waals surface area contributed by atoms with Gasteiger partial charge in [0.15, 0.2) is 5.13 Å². The number of nitrogens with zero attached hydrogens (tertiary/aromatic N) is 1. The minimum Gasteiger partial charge on any atom is -0.392 e. The van der Waals surface area contributed by atoms with Crippen LogP contribution in [0.25, 0.3) is 11.3 Å². The van der Waals surface area contributed by atoms with Gasteiger partial charge in [0.05, 0.1) is 12.3 Å². The number of hydrogen-bond acceptors (Lipinski definition) is 4. The van der Waals surface area contributed by atoms with Gasteiger partial charge in [-0.25, -0.2) is 4.98 Å². The lowest BCUT2D eigenvalue weighted by Gasteiger charge is -1.99. The van der Waals surface area contributed by atoms with Crippen LogP contribution in [0.2, 0.25) is 0 Å².